The Morgan fingerprint density at radius 2 is 2.24 bits per heavy atom. The molecule has 98 valence electrons. The van der Waals surface area contributed by atoms with Crippen molar-refractivity contribution in [1.82, 2.24) is 9.80 Å². The quantitative estimate of drug-likeness (QED) is 0.721. The Bertz CT molecular complexity index is 262. The highest BCUT2D eigenvalue weighted by atomic mass is 16.5. The lowest BCUT2D eigenvalue weighted by Gasteiger charge is -2.36. The number of ether oxygens (including phenoxy) is 1. The fourth-order valence-electron chi connectivity index (χ4n) is 2.73. The van der Waals surface area contributed by atoms with Gasteiger partial charge < -0.3 is 9.64 Å². The summed E-state index contributed by atoms with van der Waals surface area (Å²) in [5.74, 6) is 0.539. The van der Waals surface area contributed by atoms with Crippen LogP contribution in [0, 0.1) is 5.92 Å². The molecule has 0 aliphatic carbocycles. The molecule has 2 aliphatic rings. The van der Waals surface area contributed by atoms with Crippen LogP contribution >= 0.6 is 0 Å². The van der Waals surface area contributed by atoms with Crippen molar-refractivity contribution >= 4 is 5.78 Å². The van der Waals surface area contributed by atoms with Crippen molar-refractivity contribution in [3.8, 4) is 0 Å². The first-order valence-corrected chi connectivity index (χ1v) is 6.66. The predicted octanol–water partition coefficient (Wildman–Crippen LogP) is 0.618. The Balaban J connectivity index is 1.79. The third kappa shape index (κ3) is 3.50. The summed E-state index contributed by atoms with van der Waals surface area (Å²) in [6.45, 7) is 4.13. The number of hydrogen-bond acceptors (Lipinski definition) is 4. The van der Waals surface area contributed by atoms with E-state index in [1.807, 2.05) is 0 Å². The molecular weight excluding hydrogens is 216 g/mol. The Morgan fingerprint density at radius 3 is 2.88 bits per heavy atom. The molecule has 2 aliphatic heterocycles. The van der Waals surface area contributed by atoms with Crippen molar-refractivity contribution in [3.05, 3.63) is 0 Å². The first-order valence-electron chi connectivity index (χ1n) is 6.66. The van der Waals surface area contributed by atoms with Gasteiger partial charge in [-0.05, 0) is 39.9 Å². The molecule has 0 N–H and O–H groups in total. The smallest absolute Gasteiger partial charge is 0.152 e. The molecule has 2 rings (SSSR count). The van der Waals surface area contributed by atoms with Crippen molar-refractivity contribution in [3.63, 3.8) is 0 Å². The normalized spacial score (nSPS) is 31.0. The summed E-state index contributed by atoms with van der Waals surface area (Å²) in [6, 6.07) is 0.608. The average molecular weight is 240 g/mol. The number of Topliss-reactive ketones (excluding diaryl/α,β-unsaturated/α-hetero) is 1. The van der Waals surface area contributed by atoms with Gasteiger partial charge in [-0.15, -0.1) is 0 Å². The number of likely N-dealkylation sites (tertiary alicyclic amines) is 1. The second-order valence-electron chi connectivity index (χ2n) is 5.52. The zero-order valence-electron chi connectivity index (χ0n) is 11.0. The summed E-state index contributed by atoms with van der Waals surface area (Å²) in [5.41, 5.74) is 0. The number of hydrogen-bond donors (Lipinski definition) is 0. The van der Waals surface area contributed by atoms with Gasteiger partial charge in [-0.1, -0.05) is 0 Å². The summed E-state index contributed by atoms with van der Waals surface area (Å²) in [6.07, 6.45) is 3.38. The van der Waals surface area contributed by atoms with Gasteiger partial charge in [0.15, 0.2) is 5.78 Å². The fraction of sp³-hybridized carbons (Fsp3) is 0.923. The van der Waals surface area contributed by atoms with E-state index < -0.39 is 0 Å². The molecule has 4 nitrogen and oxygen atoms in total. The summed E-state index contributed by atoms with van der Waals surface area (Å²) >= 11 is 0. The molecule has 0 aromatic carbocycles. The maximum atomic E-state index is 12.1. The first-order chi connectivity index (χ1) is 8.16. The van der Waals surface area contributed by atoms with Crippen molar-refractivity contribution in [1.29, 1.82) is 0 Å². The van der Waals surface area contributed by atoms with Crippen LogP contribution in [-0.2, 0) is 9.53 Å². The number of nitrogens with zero attached hydrogens (tertiary/aromatic N) is 2. The molecule has 0 bridgehead atoms. The van der Waals surface area contributed by atoms with Crippen LogP contribution < -0.4 is 0 Å². The highest BCUT2D eigenvalue weighted by molar-refractivity contribution is 5.83. The number of rotatable bonds is 4. The van der Waals surface area contributed by atoms with E-state index in [1.54, 1.807) is 0 Å². The monoisotopic (exact) mass is 240 g/mol. The van der Waals surface area contributed by atoms with E-state index in [1.165, 1.54) is 12.8 Å². The van der Waals surface area contributed by atoms with Gasteiger partial charge in [-0.3, -0.25) is 9.69 Å². The second kappa shape index (κ2) is 5.94. The molecule has 0 aromatic heterocycles. The molecule has 2 unspecified atom stereocenters. The van der Waals surface area contributed by atoms with Gasteiger partial charge in [-0.2, -0.15) is 0 Å². The summed E-state index contributed by atoms with van der Waals surface area (Å²) in [7, 11) is 4.25. The van der Waals surface area contributed by atoms with Crippen molar-refractivity contribution in [2.45, 2.75) is 25.3 Å². The van der Waals surface area contributed by atoms with Gasteiger partial charge in [0.2, 0.25) is 0 Å². The minimum absolute atomic E-state index is 0.162. The second-order valence-corrected chi connectivity index (χ2v) is 5.52. The SMILES string of the molecule is CN(C)C1CCCN(CC(=O)C2CCOC2)C1. The lowest BCUT2D eigenvalue weighted by atomic mass is 10.0. The van der Waals surface area contributed by atoms with Crippen LogP contribution in [0.5, 0.6) is 0 Å². The molecular formula is C13H24N2O2. The van der Waals surface area contributed by atoms with Crippen LogP contribution in [0.15, 0.2) is 0 Å². The lowest BCUT2D eigenvalue weighted by Crippen LogP contribution is -2.47. The lowest BCUT2D eigenvalue weighted by molar-refractivity contribution is -0.124. The summed E-state index contributed by atoms with van der Waals surface area (Å²) < 4.78 is 5.28. The van der Waals surface area contributed by atoms with E-state index in [9.17, 15) is 4.79 Å². The molecule has 0 radical (unpaired) electrons. The van der Waals surface area contributed by atoms with Crippen LogP contribution in [-0.4, -0.2) is 68.6 Å². The summed E-state index contributed by atoms with van der Waals surface area (Å²) in [5, 5.41) is 0. The zero-order valence-corrected chi connectivity index (χ0v) is 11.0. The van der Waals surface area contributed by atoms with Gasteiger partial charge >= 0.3 is 0 Å². The van der Waals surface area contributed by atoms with E-state index in [0.29, 0.717) is 25.0 Å². The molecule has 0 spiro atoms. The number of likely N-dealkylation sites (N-methyl/N-ethyl adjacent to an activating group) is 1. The third-order valence-electron chi connectivity index (χ3n) is 3.98. The number of ketones is 1. The fourth-order valence-corrected chi connectivity index (χ4v) is 2.73. The van der Waals surface area contributed by atoms with Gasteiger partial charge in [0.25, 0.3) is 0 Å². The highest BCUT2D eigenvalue weighted by Crippen LogP contribution is 2.17. The molecule has 0 aromatic rings. The Labute approximate surface area is 104 Å². The molecule has 17 heavy (non-hydrogen) atoms. The van der Waals surface area contributed by atoms with E-state index >= 15 is 0 Å². The van der Waals surface area contributed by atoms with E-state index in [-0.39, 0.29) is 5.92 Å². The van der Waals surface area contributed by atoms with Gasteiger partial charge in [0, 0.05) is 25.1 Å². The largest absolute Gasteiger partial charge is 0.381 e. The standard InChI is InChI=1S/C13H24N2O2/c1-14(2)12-4-3-6-15(8-12)9-13(16)11-5-7-17-10-11/h11-12H,3-10H2,1-2H3. The van der Waals surface area contributed by atoms with Crippen LogP contribution in [0.2, 0.25) is 0 Å². The highest BCUT2D eigenvalue weighted by Gasteiger charge is 2.27. The average Bonchev–Trinajstić information content (AvgIpc) is 2.82. The molecule has 2 saturated heterocycles. The van der Waals surface area contributed by atoms with Crippen molar-refractivity contribution in [2.75, 3.05) is 46.9 Å². The van der Waals surface area contributed by atoms with E-state index in [2.05, 4.69) is 23.9 Å². The van der Waals surface area contributed by atoms with Crippen molar-refractivity contribution < 1.29 is 9.53 Å². The third-order valence-corrected chi connectivity index (χ3v) is 3.98. The summed E-state index contributed by atoms with van der Waals surface area (Å²) in [4.78, 5) is 16.6. The number of carbonyl (C=O) groups excluding carboxylic acids is 1. The molecule has 2 heterocycles. The predicted molar refractivity (Wildman–Crippen MR) is 67.1 cm³/mol. The molecule has 2 atom stereocenters. The van der Waals surface area contributed by atoms with Gasteiger partial charge in [0.05, 0.1) is 13.2 Å². The minimum atomic E-state index is 0.162. The molecule has 0 saturated carbocycles. The van der Waals surface area contributed by atoms with Gasteiger partial charge in [-0.25, -0.2) is 0 Å². The molecule has 2 fully saturated rings. The maximum absolute atomic E-state index is 12.1. The molecule has 4 heteroatoms. The van der Waals surface area contributed by atoms with Crippen LogP contribution in [0.25, 0.3) is 0 Å². The van der Waals surface area contributed by atoms with Crippen LogP contribution in [0.3, 0.4) is 0 Å². The van der Waals surface area contributed by atoms with Crippen LogP contribution in [0.1, 0.15) is 19.3 Å². The van der Waals surface area contributed by atoms with E-state index in [4.69, 9.17) is 4.74 Å². The number of carbonyl (C=O) groups is 1. The Hall–Kier alpha value is -0.450. The Morgan fingerprint density at radius 1 is 1.41 bits per heavy atom. The van der Waals surface area contributed by atoms with Crippen molar-refractivity contribution in [2.24, 2.45) is 5.92 Å². The van der Waals surface area contributed by atoms with Crippen LogP contribution in [0.4, 0.5) is 0 Å². The minimum Gasteiger partial charge on any atom is -0.381 e. The number of piperidine rings is 1. The van der Waals surface area contributed by atoms with Gasteiger partial charge in [0.1, 0.15) is 0 Å². The Kier molecular flexibility index (Phi) is 4.54. The zero-order chi connectivity index (χ0) is 12.3. The van der Waals surface area contributed by atoms with E-state index in [0.717, 1.165) is 26.1 Å². The first kappa shape index (κ1) is 13.0. The maximum Gasteiger partial charge on any atom is 0.152 e. The topological polar surface area (TPSA) is 32.8 Å². The molecule has 0 amide bonds.